The average Bonchev–Trinajstić information content (AvgIpc) is 2.52. The lowest BCUT2D eigenvalue weighted by Gasteiger charge is -2.36. The molecule has 1 aliphatic heterocycles. The SMILES string of the molecule is CCN(CC1CCN(S(C)(=O)=O)CC1)[C@H](C)Cc1cccc(Cl)c1.Cl. The van der Waals surface area contributed by atoms with Crippen LogP contribution in [0.4, 0.5) is 0 Å². The molecule has 0 aliphatic carbocycles. The maximum Gasteiger partial charge on any atom is 0.211 e. The molecule has 0 saturated carbocycles. The standard InChI is InChI=1S/C18H29ClN2O2S.ClH/c1-4-20(15(2)12-17-6-5-7-18(19)13-17)14-16-8-10-21(11-9-16)24(3,22)23;/h5-7,13,15-16H,4,8-12,14H2,1-3H3;1H/t15-;/m1./s1. The number of likely N-dealkylation sites (N-methyl/N-ethyl adjacent to an activating group) is 1. The number of hydrogen-bond donors (Lipinski definition) is 0. The van der Waals surface area contributed by atoms with Gasteiger partial charge in [0.2, 0.25) is 10.0 Å². The molecule has 1 atom stereocenters. The van der Waals surface area contributed by atoms with Crippen molar-refractivity contribution >= 4 is 34.0 Å². The fraction of sp³-hybridized carbons (Fsp3) is 0.667. The molecule has 0 spiro atoms. The zero-order valence-corrected chi connectivity index (χ0v) is 17.7. The largest absolute Gasteiger partial charge is 0.300 e. The normalized spacial score (nSPS) is 18.1. The van der Waals surface area contributed by atoms with Crippen molar-refractivity contribution in [2.24, 2.45) is 5.92 Å². The lowest BCUT2D eigenvalue weighted by Crippen LogP contribution is -2.43. The molecule has 0 radical (unpaired) electrons. The van der Waals surface area contributed by atoms with Gasteiger partial charge in [-0.05, 0) is 56.3 Å². The highest BCUT2D eigenvalue weighted by Gasteiger charge is 2.26. The molecule has 1 aromatic rings. The Hall–Kier alpha value is -0.330. The van der Waals surface area contributed by atoms with E-state index in [0.717, 1.165) is 37.4 Å². The summed E-state index contributed by atoms with van der Waals surface area (Å²) in [6, 6.07) is 8.52. The molecule has 1 fully saturated rings. The van der Waals surface area contributed by atoms with Gasteiger partial charge in [-0.2, -0.15) is 0 Å². The van der Waals surface area contributed by atoms with E-state index in [9.17, 15) is 8.42 Å². The summed E-state index contributed by atoms with van der Waals surface area (Å²) in [6.07, 6.45) is 4.19. The molecular weight excluding hydrogens is 379 g/mol. The lowest BCUT2D eigenvalue weighted by molar-refractivity contribution is 0.152. The highest BCUT2D eigenvalue weighted by Crippen LogP contribution is 2.22. The van der Waals surface area contributed by atoms with E-state index in [2.05, 4.69) is 24.8 Å². The Bertz CT molecular complexity index is 632. The second kappa shape index (κ2) is 10.1. The van der Waals surface area contributed by atoms with Crippen LogP contribution in [-0.4, -0.2) is 56.1 Å². The number of rotatable bonds is 7. The summed E-state index contributed by atoms with van der Waals surface area (Å²) >= 11 is 6.08. The average molecular weight is 409 g/mol. The molecule has 1 heterocycles. The van der Waals surface area contributed by atoms with Crippen molar-refractivity contribution in [3.8, 4) is 0 Å². The van der Waals surface area contributed by atoms with Crippen molar-refractivity contribution in [2.75, 3.05) is 32.4 Å². The van der Waals surface area contributed by atoms with Gasteiger partial charge in [0.1, 0.15) is 0 Å². The van der Waals surface area contributed by atoms with E-state index in [1.165, 1.54) is 11.8 Å². The van der Waals surface area contributed by atoms with Gasteiger partial charge in [-0.1, -0.05) is 30.7 Å². The van der Waals surface area contributed by atoms with Crippen LogP contribution in [0.3, 0.4) is 0 Å². The van der Waals surface area contributed by atoms with Crippen LogP contribution < -0.4 is 0 Å². The molecular formula is C18H30Cl2N2O2S. The Labute approximate surface area is 164 Å². The van der Waals surface area contributed by atoms with E-state index in [-0.39, 0.29) is 12.4 Å². The predicted octanol–water partition coefficient (Wildman–Crippen LogP) is 3.69. The first-order valence-corrected chi connectivity index (χ1v) is 11.0. The van der Waals surface area contributed by atoms with Gasteiger partial charge in [0.15, 0.2) is 0 Å². The van der Waals surface area contributed by atoms with Crippen molar-refractivity contribution in [3.63, 3.8) is 0 Å². The smallest absolute Gasteiger partial charge is 0.211 e. The number of benzene rings is 1. The monoisotopic (exact) mass is 408 g/mol. The third-order valence-electron chi connectivity index (χ3n) is 4.98. The van der Waals surface area contributed by atoms with E-state index < -0.39 is 10.0 Å². The highest BCUT2D eigenvalue weighted by molar-refractivity contribution is 7.88. The van der Waals surface area contributed by atoms with Gasteiger partial charge in [-0.15, -0.1) is 12.4 Å². The van der Waals surface area contributed by atoms with Crippen molar-refractivity contribution in [1.29, 1.82) is 0 Å². The zero-order chi connectivity index (χ0) is 17.7. The molecule has 1 saturated heterocycles. The molecule has 1 aromatic carbocycles. The molecule has 0 bridgehead atoms. The molecule has 0 unspecified atom stereocenters. The van der Waals surface area contributed by atoms with Crippen LogP contribution >= 0.6 is 24.0 Å². The molecule has 4 nitrogen and oxygen atoms in total. The Kier molecular flexibility index (Phi) is 9.19. The lowest BCUT2D eigenvalue weighted by atomic mass is 9.96. The fourth-order valence-corrected chi connectivity index (χ4v) is 4.60. The summed E-state index contributed by atoms with van der Waals surface area (Å²) in [5, 5.41) is 0.788. The van der Waals surface area contributed by atoms with Crippen LogP contribution in [0.25, 0.3) is 0 Å². The van der Waals surface area contributed by atoms with Gasteiger partial charge in [0, 0.05) is 30.7 Å². The third kappa shape index (κ3) is 7.06. The zero-order valence-electron chi connectivity index (χ0n) is 15.3. The highest BCUT2D eigenvalue weighted by atomic mass is 35.5. The number of hydrogen-bond acceptors (Lipinski definition) is 3. The van der Waals surface area contributed by atoms with E-state index in [4.69, 9.17) is 11.6 Å². The maximum atomic E-state index is 11.6. The number of nitrogens with zero attached hydrogens (tertiary/aromatic N) is 2. The van der Waals surface area contributed by atoms with Crippen molar-refractivity contribution in [3.05, 3.63) is 34.9 Å². The van der Waals surface area contributed by atoms with E-state index >= 15 is 0 Å². The van der Waals surface area contributed by atoms with Crippen molar-refractivity contribution in [1.82, 2.24) is 9.21 Å². The first kappa shape index (κ1) is 22.7. The number of piperidine rings is 1. The Balaban J connectivity index is 0.00000312. The van der Waals surface area contributed by atoms with Crippen LogP contribution in [0.1, 0.15) is 32.3 Å². The summed E-state index contributed by atoms with van der Waals surface area (Å²) in [7, 11) is -3.04. The molecule has 25 heavy (non-hydrogen) atoms. The summed E-state index contributed by atoms with van der Waals surface area (Å²) in [5.74, 6) is 0.574. The van der Waals surface area contributed by atoms with Gasteiger partial charge >= 0.3 is 0 Å². The van der Waals surface area contributed by atoms with E-state index in [1.807, 2.05) is 18.2 Å². The van der Waals surface area contributed by atoms with E-state index in [1.54, 1.807) is 4.31 Å². The molecule has 0 N–H and O–H groups in total. The summed E-state index contributed by atoms with van der Waals surface area (Å²) in [4.78, 5) is 2.50. The number of sulfonamides is 1. The minimum absolute atomic E-state index is 0. The minimum atomic E-state index is -3.04. The van der Waals surface area contributed by atoms with Gasteiger partial charge in [-0.25, -0.2) is 12.7 Å². The van der Waals surface area contributed by atoms with Crippen LogP contribution in [0.15, 0.2) is 24.3 Å². The molecule has 0 amide bonds. The van der Waals surface area contributed by atoms with Crippen LogP contribution in [0.2, 0.25) is 5.02 Å². The Morgan fingerprint density at radius 3 is 2.48 bits per heavy atom. The Morgan fingerprint density at radius 1 is 1.32 bits per heavy atom. The first-order valence-electron chi connectivity index (χ1n) is 8.73. The molecule has 2 rings (SSSR count). The summed E-state index contributed by atoms with van der Waals surface area (Å²) < 4.78 is 24.8. The van der Waals surface area contributed by atoms with Gasteiger partial charge in [0.25, 0.3) is 0 Å². The minimum Gasteiger partial charge on any atom is -0.300 e. The number of halogens is 2. The van der Waals surface area contributed by atoms with Crippen LogP contribution in [0.5, 0.6) is 0 Å². The molecule has 0 aromatic heterocycles. The van der Waals surface area contributed by atoms with Gasteiger partial charge in [0.05, 0.1) is 6.26 Å². The van der Waals surface area contributed by atoms with Gasteiger partial charge in [-0.3, -0.25) is 0 Å². The predicted molar refractivity (Wildman–Crippen MR) is 108 cm³/mol. The van der Waals surface area contributed by atoms with Crippen LogP contribution in [0, 0.1) is 5.92 Å². The Morgan fingerprint density at radius 2 is 1.96 bits per heavy atom. The van der Waals surface area contributed by atoms with Crippen LogP contribution in [-0.2, 0) is 16.4 Å². The molecule has 7 heteroatoms. The maximum absolute atomic E-state index is 11.6. The fourth-order valence-electron chi connectivity index (χ4n) is 3.51. The summed E-state index contributed by atoms with van der Waals surface area (Å²) in [6.45, 7) is 7.81. The topological polar surface area (TPSA) is 40.6 Å². The third-order valence-corrected chi connectivity index (χ3v) is 6.52. The van der Waals surface area contributed by atoms with Crippen molar-refractivity contribution < 1.29 is 8.42 Å². The molecule has 144 valence electrons. The second-order valence-electron chi connectivity index (χ2n) is 6.88. The second-order valence-corrected chi connectivity index (χ2v) is 9.29. The van der Waals surface area contributed by atoms with Gasteiger partial charge < -0.3 is 4.90 Å². The quantitative estimate of drug-likeness (QED) is 0.690. The summed E-state index contributed by atoms with van der Waals surface area (Å²) in [5.41, 5.74) is 1.26. The van der Waals surface area contributed by atoms with Crippen molar-refractivity contribution in [2.45, 2.75) is 39.2 Å². The van der Waals surface area contributed by atoms with E-state index in [0.29, 0.717) is 25.0 Å². The first-order chi connectivity index (χ1) is 11.3. The molecule has 1 aliphatic rings.